The summed E-state index contributed by atoms with van der Waals surface area (Å²) in [4.78, 5) is 2.34. The molecule has 2 nitrogen and oxygen atoms in total. The third-order valence-corrected chi connectivity index (χ3v) is 10.6. The fraction of sp³-hybridized carbons (Fsp3) is 0.0400. The maximum absolute atomic E-state index is 2.42. The average Bonchev–Trinajstić information content (AvgIpc) is 3.56. The van der Waals surface area contributed by atoms with Crippen LogP contribution in [0.3, 0.4) is 0 Å². The Labute approximate surface area is 304 Å². The molecule has 8 aromatic carbocycles. The maximum atomic E-state index is 2.42. The topological polar surface area (TPSA) is 8.17 Å². The molecule has 0 atom stereocenters. The van der Waals surface area contributed by atoms with Crippen LogP contribution in [0.2, 0.25) is 0 Å². The van der Waals surface area contributed by atoms with Crippen LogP contribution >= 0.6 is 0 Å². The van der Waals surface area contributed by atoms with Crippen LogP contribution in [0.15, 0.2) is 188 Å². The minimum absolute atomic E-state index is 1.09. The van der Waals surface area contributed by atoms with Crippen LogP contribution in [0.5, 0.6) is 0 Å². The normalized spacial score (nSPS) is 12.4. The monoisotopic (exact) mass is 664 g/mol. The number of nitrogens with zero attached hydrogens (tertiary/aromatic N) is 2. The first-order valence-electron chi connectivity index (χ1n) is 18.2. The molecule has 1 aliphatic carbocycles. The summed E-state index contributed by atoms with van der Waals surface area (Å²) in [6.07, 6.45) is 6.85. The molecule has 0 saturated carbocycles. The predicted molar refractivity (Wildman–Crippen MR) is 221 cm³/mol. The van der Waals surface area contributed by atoms with Gasteiger partial charge >= 0.3 is 0 Å². The molecule has 246 valence electrons. The Morgan fingerprint density at radius 3 is 1.88 bits per heavy atom. The molecule has 0 bridgehead atoms. The zero-order chi connectivity index (χ0) is 34.4. The van der Waals surface area contributed by atoms with Crippen molar-refractivity contribution in [1.29, 1.82) is 0 Å². The largest absolute Gasteiger partial charge is 0.311 e. The molecule has 0 amide bonds. The standard InChI is InChI=1S/C50H36N2/c1-3-15-40(16-4-1)51(43-30-24-38(25-31-43)45-21-11-14-36-12-7-9-19-44(36)45)42-28-22-35(23-29-42)39-27-32-48-47(34-39)50-46-20-10-8-13-37(46)26-33-49(50)52(48)41-17-5-2-6-18-41/h1-7,9-12,14-34H,8,13H2. The van der Waals surface area contributed by atoms with E-state index in [0.717, 1.165) is 29.9 Å². The lowest BCUT2D eigenvalue weighted by Crippen LogP contribution is -2.09. The highest BCUT2D eigenvalue weighted by molar-refractivity contribution is 6.14. The van der Waals surface area contributed by atoms with Gasteiger partial charge in [0, 0.05) is 33.5 Å². The first kappa shape index (κ1) is 30.2. The molecule has 0 unspecified atom stereocenters. The minimum atomic E-state index is 1.09. The third kappa shape index (κ3) is 5.11. The lowest BCUT2D eigenvalue weighted by atomic mass is 9.92. The second-order valence-corrected chi connectivity index (χ2v) is 13.7. The zero-order valence-corrected chi connectivity index (χ0v) is 28.8. The van der Waals surface area contributed by atoms with E-state index in [1.807, 2.05) is 0 Å². The molecule has 0 aliphatic heterocycles. The Morgan fingerprint density at radius 1 is 0.462 bits per heavy atom. The fourth-order valence-corrected chi connectivity index (χ4v) is 8.16. The molecule has 0 saturated heterocycles. The Hall–Kier alpha value is -6.64. The number of rotatable bonds is 6. The number of fused-ring (bicyclic) bond motifs is 6. The van der Waals surface area contributed by atoms with Gasteiger partial charge in [-0.1, -0.05) is 127 Å². The number of anilines is 3. The first-order chi connectivity index (χ1) is 25.8. The van der Waals surface area contributed by atoms with Crippen molar-refractivity contribution in [1.82, 2.24) is 4.57 Å². The van der Waals surface area contributed by atoms with E-state index in [1.165, 1.54) is 71.6 Å². The van der Waals surface area contributed by atoms with E-state index < -0.39 is 0 Å². The van der Waals surface area contributed by atoms with Gasteiger partial charge in [-0.3, -0.25) is 0 Å². The minimum Gasteiger partial charge on any atom is -0.311 e. The second kappa shape index (κ2) is 12.6. The van der Waals surface area contributed by atoms with E-state index in [1.54, 1.807) is 0 Å². The smallest absolute Gasteiger partial charge is 0.0547 e. The molecule has 2 heteroatoms. The number of para-hydroxylation sites is 2. The van der Waals surface area contributed by atoms with Gasteiger partial charge in [0.05, 0.1) is 11.0 Å². The number of hydrogen-bond donors (Lipinski definition) is 0. The van der Waals surface area contributed by atoms with Crippen molar-refractivity contribution in [3.63, 3.8) is 0 Å². The van der Waals surface area contributed by atoms with E-state index in [-0.39, 0.29) is 0 Å². The van der Waals surface area contributed by atoms with Crippen molar-refractivity contribution < 1.29 is 0 Å². The van der Waals surface area contributed by atoms with E-state index in [2.05, 4.69) is 204 Å². The summed E-state index contributed by atoms with van der Waals surface area (Å²) >= 11 is 0. The second-order valence-electron chi connectivity index (χ2n) is 13.7. The SMILES string of the molecule is C1=Cc2c(ccc3c2c2cc(-c4ccc(N(c5ccccc5)c5ccc(-c6cccc7ccccc67)cc5)cc4)ccc2n3-c2ccccc2)CC1. The summed E-state index contributed by atoms with van der Waals surface area (Å²) in [5, 5.41) is 5.16. The quantitative estimate of drug-likeness (QED) is 0.172. The average molecular weight is 665 g/mol. The third-order valence-electron chi connectivity index (χ3n) is 10.6. The molecular formula is C50H36N2. The molecule has 1 heterocycles. The summed E-state index contributed by atoms with van der Waals surface area (Å²) in [6, 6.07) is 66.2. The van der Waals surface area contributed by atoms with Crippen LogP contribution in [0.4, 0.5) is 17.1 Å². The molecule has 0 N–H and O–H groups in total. The predicted octanol–water partition coefficient (Wildman–Crippen LogP) is 13.7. The van der Waals surface area contributed by atoms with E-state index in [9.17, 15) is 0 Å². The number of aromatic nitrogens is 1. The van der Waals surface area contributed by atoms with Crippen LogP contribution in [-0.4, -0.2) is 4.57 Å². The van der Waals surface area contributed by atoms with Gasteiger partial charge in [0.25, 0.3) is 0 Å². The molecule has 1 aromatic heterocycles. The van der Waals surface area contributed by atoms with Crippen LogP contribution in [0, 0.1) is 0 Å². The van der Waals surface area contributed by atoms with Crippen LogP contribution < -0.4 is 4.90 Å². The highest BCUT2D eigenvalue weighted by atomic mass is 15.1. The van der Waals surface area contributed by atoms with Gasteiger partial charge in [0.1, 0.15) is 0 Å². The number of aryl methyl sites for hydroxylation is 1. The van der Waals surface area contributed by atoms with E-state index in [0.29, 0.717) is 0 Å². The van der Waals surface area contributed by atoms with Crippen molar-refractivity contribution in [3.05, 3.63) is 199 Å². The van der Waals surface area contributed by atoms with Crippen molar-refractivity contribution in [3.8, 4) is 27.9 Å². The van der Waals surface area contributed by atoms with Crippen molar-refractivity contribution >= 4 is 55.7 Å². The van der Waals surface area contributed by atoms with Gasteiger partial charge in [-0.15, -0.1) is 0 Å². The fourth-order valence-electron chi connectivity index (χ4n) is 8.16. The summed E-state index contributed by atoms with van der Waals surface area (Å²) in [5.74, 6) is 0. The van der Waals surface area contributed by atoms with Gasteiger partial charge in [0.15, 0.2) is 0 Å². The van der Waals surface area contributed by atoms with E-state index >= 15 is 0 Å². The van der Waals surface area contributed by atoms with Crippen molar-refractivity contribution in [2.75, 3.05) is 4.90 Å². The molecule has 0 radical (unpaired) electrons. The Bertz CT molecular complexity index is 2750. The van der Waals surface area contributed by atoms with Gasteiger partial charge in [0.2, 0.25) is 0 Å². The summed E-state index contributed by atoms with van der Waals surface area (Å²) in [6.45, 7) is 0. The Kier molecular flexibility index (Phi) is 7.32. The van der Waals surface area contributed by atoms with Gasteiger partial charge < -0.3 is 9.47 Å². The Morgan fingerprint density at radius 2 is 1.10 bits per heavy atom. The Balaban J connectivity index is 1.05. The van der Waals surface area contributed by atoms with E-state index in [4.69, 9.17) is 0 Å². The molecule has 0 spiro atoms. The summed E-state index contributed by atoms with van der Waals surface area (Å²) in [5.41, 5.74) is 14.7. The zero-order valence-electron chi connectivity index (χ0n) is 28.8. The first-order valence-corrected chi connectivity index (χ1v) is 18.2. The highest BCUT2D eigenvalue weighted by Gasteiger charge is 2.19. The molecule has 52 heavy (non-hydrogen) atoms. The molecule has 1 aliphatic rings. The van der Waals surface area contributed by atoms with Gasteiger partial charge in [-0.25, -0.2) is 0 Å². The molecule has 9 aromatic rings. The lowest BCUT2D eigenvalue weighted by Gasteiger charge is -2.26. The highest BCUT2D eigenvalue weighted by Crippen LogP contribution is 2.41. The van der Waals surface area contributed by atoms with Gasteiger partial charge in [-0.2, -0.15) is 0 Å². The van der Waals surface area contributed by atoms with Crippen LogP contribution in [-0.2, 0) is 6.42 Å². The van der Waals surface area contributed by atoms with Crippen molar-refractivity contribution in [2.45, 2.75) is 12.8 Å². The van der Waals surface area contributed by atoms with Crippen molar-refractivity contribution in [2.24, 2.45) is 0 Å². The van der Waals surface area contributed by atoms with Gasteiger partial charge in [-0.05, 0) is 124 Å². The maximum Gasteiger partial charge on any atom is 0.0547 e. The molecular weight excluding hydrogens is 629 g/mol. The summed E-state index contributed by atoms with van der Waals surface area (Å²) < 4.78 is 2.42. The lowest BCUT2D eigenvalue weighted by molar-refractivity contribution is 0.989. The summed E-state index contributed by atoms with van der Waals surface area (Å²) in [7, 11) is 0. The van der Waals surface area contributed by atoms with Crippen LogP contribution in [0.1, 0.15) is 17.5 Å². The number of hydrogen-bond acceptors (Lipinski definition) is 1. The molecule has 0 fully saturated rings. The number of benzene rings is 8. The molecule has 10 rings (SSSR count). The number of allylic oxidation sites excluding steroid dienone is 1. The van der Waals surface area contributed by atoms with Crippen LogP contribution in [0.25, 0.3) is 66.6 Å².